The summed E-state index contributed by atoms with van der Waals surface area (Å²) in [5, 5.41) is 9.54. The lowest BCUT2D eigenvalue weighted by atomic mass is 9.95. The standard InChI is InChI=1S/C8H10O2/c1-2-7-5-3-4-6-8(7,9)10-7/h3-6,9H,2H2,1H3. The molecule has 1 aliphatic carbocycles. The van der Waals surface area contributed by atoms with Crippen LogP contribution in [0.2, 0.25) is 0 Å². The summed E-state index contributed by atoms with van der Waals surface area (Å²) in [6.07, 6.45) is 8.14. The minimum atomic E-state index is -0.976. The average molecular weight is 138 g/mol. The fourth-order valence-corrected chi connectivity index (χ4v) is 1.42. The molecule has 0 amide bonds. The molecule has 1 aliphatic heterocycles. The molecule has 1 heterocycles. The second-order valence-corrected chi connectivity index (χ2v) is 2.76. The van der Waals surface area contributed by atoms with Crippen LogP contribution in [-0.4, -0.2) is 16.5 Å². The van der Waals surface area contributed by atoms with Crippen molar-refractivity contribution in [1.82, 2.24) is 0 Å². The van der Waals surface area contributed by atoms with E-state index in [0.717, 1.165) is 6.42 Å². The monoisotopic (exact) mass is 138 g/mol. The highest BCUT2D eigenvalue weighted by Gasteiger charge is 2.66. The summed E-state index contributed by atoms with van der Waals surface area (Å²) in [4.78, 5) is 0. The molecule has 0 spiro atoms. The van der Waals surface area contributed by atoms with Gasteiger partial charge in [0, 0.05) is 0 Å². The minimum absolute atomic E-state index is 0.387. The van der Waals surface area contributed by atoms with Crippen LogP contribution in [0, 0.1) is 0 Å². The van der Waals surface area contributed by atoms with Crippen molar-refractivity contribution in [2.45, 2.75) is 24.7 Å². The maximum Gasteiger partial charge on any atom is 0.220 e. The van der Waals surface area contributed by atoms with Crippen LogP contribution in [0.1, 0.15) is 13.3 Å². The van der Waals surface area contributed by atoms with Gasteiger partial charge in [0.2, 0.25) is 5.79 Å². The molecule has 54 valence electrons. The average Bonchev–Trinajstić information content (AvgIpc) is 2.56. The molecule has 0 saturated carbocycles. The van der Waals surface area contributed by atoms with Gasteiger partial charge in [-0.05, 0) is 18.6 Å². The Labute approximate surface area is 59.8 Å². The topological polar surface area (TPSA) is 32.8 Å². The third kappa shape index (κ3) is 0.509. The zero-order valence-electron chi connectivity index (χ0n) is 5.87. The maximum atomic E-state index is 9.54. The van der Waals surface area contributed by atoms with Crippen LogP contribution in [0.3, 0.4) is 0 Å². The van der Waals surface area contributed by atoms with Crippen LogP contribution in [0.25, 0.3) is 0 Å². The van der Waals surface area contributed by atoms with Gasteiger partial charge in [0.1, 0.15) is 5.60 Å². The van der Waals surface area contributed by atoms with Crippen molar-refractivity contribution in [1.29, 1.82) is 0 Å². The van der Waals surface area contributed by atoms with Crippen molar-refractivity contribution in [2.75, 3.05) is 0 Å². The summed E-state index contributed by atoms with van der Waals surface area (Å²) in [5.41, 5.74) is -0.387. The molecular formula is C8H10O2. The number of ether oxygens (including phenoxy) is 1. The smallest absolute Gasteiger partial charge is 0.220 e. The first-order chi connectivity index (χ1) is 4.72. The quantitative estimate of drug-likeness (QED) is 0.548. The number of allylic oxidation sites excluding steroid dienone is 2. The molecule has 1 N–H and O–H groups in total. The summed E-state index contributed by atoms with van der Waals surface area (Å²) in [7, 11) is 0. The van der Waals surface area contributed by atoms with Gasteiger partial charge < -0.3 is 9.84 Å². The van der Waals surface area contributed by atoms with Crippen LogP contribution in [0.15, 0.2) is 24.3 Å². The van der Waals surface area contributed by atoms with Crippen LogP contribution in [0.4, 0.5) is 0 Å². The van der Waals surface area contributed by atoms with Crippen molar-refractivity contribution in [3.05, 3.63) is 24.3 Å². The Morgan fingerprint density at radius 3 is 2.60 bits per heavy atom. The molecule has 1 saturated heterocycles. The Hall–Kier alpha value is -0.600. The zero-order chi connectivity index (χ0) is 7.24. The molecule has 0 aromatic heterocycles. The normalized spacial score (nSPS) is 49.0. The second kappa shape index (κ2) is 1.52. The summed E-state index contributed by atoms with van der Waals surface area (Å²) >= 11 is 0. The van der Waals surface area contributed by atoms with Crippen molar-refractivity contribution >= 4 is 0 Å². The van der Waals surface area contributed by atoms with Gasteiger partial charge in [0.15, 0.2) is 0 Å². The number of fused-ring (bicyclic) bond motifs is 1. The molecule has 2 unspecified atom stereocenters. The third-order valence-electron chi connectivity index (χ3n) is 2.23. The molecule has 0 radical (unpaired) electrons. The predicted molar refractivity (Wildman–Crippen MR) is 37.3 cm³/mol. The zero-order valence-corrected chi connectivity index (χ0v) is 5.87. The molecule has 0 aromatic carbocycles. The summed E-state index contributed by atoms with van der Waals surface area (Å²) in [6, 6.07) is 0. The number of hydrogen-bond acceptors (Lipinski definition) is 2. The Morgan fingerprint density at radius 1 is 1.40 bits per heavy atom. The number of epoxide rings is 1. The van der Waals surface area contributed by atoms with Crippen molar-refractivity contribution in [2.24, 2.45) is 0 Å². The lowest BCUT2D eigenvalue weighted by Gasteiger charge is -2.08. The first-order valence-electron chi connectivity index (χ1n) is 3.52. The third-order valence-corrected chi connectivity index (χ3v) is 2.23. The Morgan fingerprint density at radius 2 is 2.10 bits per heavy atom. The Balaban J connectivity index is 2.32. The first kappa shape index (κ1) is 6.13. The predicted octanol–water partition coefficient (Wildman–Crippen LogP) is 0.980. The SMILES string of the molecule is CCC12C=CC=CC1(O)O2. The lowest BCUT2D eigenvalue weighted by molar-refractivity contribution is 0.0825. The Kier molecular flexibility index (Phi) is 0.932. The molecule has 1 fully saturated rings. The molecule has 2 atom stereocenters. The van der Waals surface area contributed by atoms with Crippen molar-refractivity contribution in [3.63, 3.8) is 0 Å². The van der Waals surface area contributed by atoms with E-state index in [1.165, 1.54) is 0 Å². The van der Waals surface area contributed by atoms with Gasteiger partial charge in [0.05, 0.1) is 0 Å². The molecule has 0 aromatic rings. The summed E-state index contributed by atoms with van der Waals surface area (Å²) in [5.74, 6) is -0.976. The fraction of sp³-hybridized carbons (Fsp3) is 0.500. The summed E-state index contributed by atoms with van der Waals surface area (Å²) in [6.45, 7) is 2.00. The van der Waals surface area contributed by atoms with E-state index in [1.54, 1.807) is 12.2 Å². The van der Waals surface area contributed by atoms with E-state index in [9.17, 15) is 5.11 Å². The Bertz CT molecular complexity index is 219. The highest BCUT2D eigenvalue weighted by atomic mass is 16.7. The summed E-state index contributed by atoms with van der Waals surface area (Å²) < 4.78 is 5.18. The van der Waals surface area contributed by atoms with Crippen molar-refractivity contribution in [3.8, 4) is 0 Å². The van der Waals surface area contributed by atoms with Crippen LogP contribution in [-0.2, 0) is 4.74 Å². The molecule has 2 aliphatic rings. The first-order valence-corrected chi connectivity index (χ1v) is 3.52. The van der Waals surface area contributed by atoms with Crippen LogP contribution < -0.4 is 0 Å². The minimum Gasteiger partial charge on any atom is -0.360 e. The van der Waals surface area contributed by atoms with E-state index in [1.807, 2.05) is 19.1 Å². The van der Waals surface area contributed by atoms with E-state index in [2.05, 4.69) is 0 Å². The van der Waals surface area contributed by atoms with Gasteiger partial charge in [-0.25, -0.2) is 0 Å². The number of aliphatic hydroxyl groups is 1. The van der Waals surface area contributed by atoms with E-state index in [4.69, 9.17) is 4.74 Å². The van der Waals surface area contributed by atoms with Gasteiger partial charge in [-0.15, -0.1) is 0 Å². The molecule has 2 heteroatoms. The second-order valence-electron chi connectivity index (χ2n) is 2.76. The lowest BCUT2D eigenvalue weighted by Crippen LogP contribution is -2.22. The molecule has 2 rings (SSSR count). The van der Waals surface area contributed by atoms with Gasteiger partial charge in [-0.3, -0.25) is 0 Å². The van der Waals surface area contributed by atoms with E-state index in [-0.39, 0.29) is 5.60 Å². The maximum absolute atomic E-state index is 9.54. The van der Waals surface area contributed by atoms with Gasteiger partial charge in [0.25, 0.3) is 0 Å². The van der Waals surface area contributed by atoms with Gasteiger partial charge >= 0.3 is 0 Å². The largest absolute Gasteiger partial charge is 0.360 e. The van der Waals surface area contributed by atoms with Crippen LogP contribution in [0.5, 0.6) is 0 Å². The molecule has 0 bridgehead atoms. The van der Waals surface area contributed by atoms with Crippen LogP contribution >= 0.6 is 0 Å². The van der Waals surface area contributed by atoms with Gasteiger partial charge in [-0.2, -0.15) is 0 Å². The highest BCUT2D eigenvalue weighted by molar-refractivity contribution is 5.34. The van der Waals surface area contributed by atoms with Gasteiger partial charge in [-0.1, -0.05) is 19.1 Å². The van der Waals surface area contributed by atoms with E-state index >= 15 is 0 Å². The molecule has 2 nitrogen and oxygen atoms in total. The van der Waals surface area contributed by atoms with E-state index < -0.39 is 5.79 Å². The van der Waals surface area contributed by atoms with E-state index in [0.29, 0.717) is 0 Å². The van der Waals surface area contributed by atoms with Crippen molar-refractivity contribution < 1.29 is 9.84 Å². The molecular weight excluding hydrogens is 128 g/mol. The highest BCUT2D eigenvalue weighted by Crippen LogP contribution is 2.52. The fourth-order valence-electron chi connectivity index (χ4n) is 1.42. The molecule has 10 heavy (non-hydrogen) atoms. The number of rotatable bonds is 1. The number of hydrogen-bond donors (Lipinski definition) is 1.